The highest BCUT2D eigenvalue weighted by Gasteiger charge is 2.16. The molecular weight excluding hydrogens is 310 g/mol. The Morgan fingerprint density at radius 3 is 2.89 bits per heavy atom. The lowest BCUT2D eigenvalue weighted by Crippen LogP contribution is -2.26. The summed E-state index contributed by atoms with van der Waals surface area (Å²) in [5.74, 6) is -0.256. The molecule has 1 N–H and O–H groups in total. The van der Waals surface area contributed by atoms with Gasteiger partial charge in [-0.1, -0.05) is 15.9 Å². The van der Waals surface area contributed by atoms with Crippen LogP contribution in [0.2, 0.25) is 0 Å². The fraction of sp³-hybridized carbons (Fsp3) is 0.231. The predicted octanol–water partition coefficient (Wildman–Crippen LogP) is 2.16. The molecule has 0 bridgehead atoms. The summed E-state index contributed by atoms with van der Waals surface area (Å²) >= 11 is 3.29. The first kappa shape index (κ1) is 13.6. The molecule has 5 nitrogen and oxygen atoms in total. The maximum Gasteiger partial charge on any atom is 0.257 e. The molecule has 6 heteroatoms. The minimum atomic E-state index is -0.234. The van der Waals surface area contributed by atoms with Crippen LogP contribution in [0.1, 0.15) is 15.9 Å². The van der Waals surface area contributed by atoms with Crippen molar-refractivity contribution in [2.45, 2.75) is 6.54 Å². The highest BCUT2D eigenvalue weighted by Crippen LogP contribution is 2.23. The third kappa shape index (κ3) is 3.14. The lowest BCUT2D eigenvalue weighted by molar-refractivity contribution is 0.0782. The normalized spacial score (nSPS) is 10.5. The monoisotopic (exact) mass is 323 g/mol. The van der Waals surface area contributed by atoms with Gasteiger partial charge in [-0.25, -0.2) is 0 Å². The van der Waals surface area contributed by atoms with Gasteiger partial charge in [0.15, 0.2) is 0 Å². The first-order valence-corrected chi connectivity index (χ1v) is 6.48. The molecule has 0 aliphatic heterocycles. The van der Waals surface area contributed by atoms with Crippen LogP contribution >= 0.6 is 15.9 Å². The van der Waals surface area contributed by atoms with Crippen molar-refractivity contribution in [2.75, 3.05) is 7.05 Å². The van der Waals surface area contributed by atoms with E-state index in [9.17, 15) is 9.90 Å². The van der Waals surface area contributed by atoms with Gasteiger partial charge >= 0.3 is 0 Å². The van der Waals surface area contributed by atoms with E-state index in [1.54, 1.807) is 35.0 Å². The second kappa shape index (κ2) is 5.44. The van der Waals surface area contributed by atoms with E-state index in [4.69, 9.17) is 0 Å². The molecule has 1 amide bonds. The standard InChI is InChI=1S/C13H14BrN3O2/c1-16(7-9-6-15-17(2)8-9)13(19)11-5-10(14)3-4-12(11)18/h3-6,8,18H,7H2,1-2H3. The Morgan fingerprint density at radius 1 is 1.53 bits per heavy atom. The fourth-order valence-corrected chi connectivity index (χ4v) is 2.15. The average molecular weight is 324 g/mol. The van der Waals surface area contributed by atoms with E-state index >= 15 is 0 Å². The van der Waals surface area contributed by atoms with Crippen LogP contribution in [0.15, 0.2) is 35.1 Å². The first-order chi connectivity index (χ1) is 8.97. The number of carbonyl (C=O) groups excluding carboxylic acids is 1. The van der Waals surface area contributed by atoms with Crippen molar-refractivity contribution in [3.05, 3.63) is 46.2 Å². The van der Waals surface area contributed by atoms with Crippen molar-refractivity contribution in [3.63, 3.8) is 0 Å². The number of nitrogens with zero attached hydrogens (tertiary/aromatic N) is 3. The zero-order chi connectivity index (χ0) is 14.0. The highest BCUT2D eigenvalue weighted by atomic mass is 79.9. The third-order valence-electron chi connectivity index (χ3n) is 2.71. The summed E-state index contributed by atoms with van der Waals surface area (Å²) in [7, 11) is 3.52. The van der Waals surface area contributed by atoms with E-state index in [-0.39, 0.29) is 17.2 Å². The quantitative estimate of drug-likeness (QED) is 0.941. The summed E-state index contributed by atoms with van der Waals surface area (Å²) in [6, 6.07) is 4.79. The highest BCUT2D eigenvalue weighted by molar-refractivity contribution is 9.10. The van der Waals surface area contributed by atoms with Gasteiger partial charge in [0.25, 0.3) is 5.91 Å². The van der Waals surface area contributed by atoms with E-state index in [0.717, 1.165) is 10.0 Å². The summed E-state index contributed by atoms with van der Waals surface area (Å²) in [5, 5.41) is 13.8. The number of aromatic nitrogens is 2. The van der Waals surface area contributed by atoms with Gasteiger partial charge in [0, 0.05) is 36.9 Å². The number of aromatic hydroxyl groups is 1. The molecule has 2 aromatic rings. The Bertz CT molecular complexity index is 610. The molecule has 2 rings (SSSR count). The van der Waals surface area contributed by atoms with Crippen molar-refractivity contribution < 1.29 is 9.90 Å². The molecule has 0 atom stereocenters. The van der Waals surface area contributed by atoms with Crippen LogP contribution in [0.25, 0.3) is 0 Å². The number of amides is 1. The summed E-state index contributed by atoms with van der Waals surface area (Å²) in [6.45, 7) is 0.443. The maximum absolute atomic E-state index is 12.2. The van der Waals surface area contributed by atoms with Crippen LogP contribution in [0.4, 0.5) is 0 Å². The summed E-state index contributed by atoms with van der Waals surface area (Å²) < 4.78 is 2.44. The van der Waals surface area contributed by atoms with Crippen molar-refractivity contribution in [3.8, 4) is 5.75 Å². The molecule has 0 saturated heterocycles. The third-order valence-corrected chi connectivity index (χ3v) is 3.21. The van der Waals surface area contributed by atoms with Gasteiger partial charge in [-0.15, -0.1) is 0 Å². The molecule has 0 saturated carbocycles. The molecule has 100 valence electrons. The van der Waals surface area contributed by atoms with E-state index in [1.165, 1.54) is 6.07 Å². The Balaban J connectivity index is 2.16. The largest absolute Gasteiger partial charge is 0.507 e. The number of halogens is 1. The molecule has 1 aromatic heterocycles. The lowest BCUT2D eigenvalue weighted by Gasteiger charge is -2.17. The van der Waals surface area contributed by atoms with Gasteiger partial charge in [-0.3, -0.25) is 9.48 Å². The molecule has 0 fully saturated rings. The van der Waals surface area contributed by atoms with Crippen molar-refractivity contribution in [1.82, 2.24) is 14.7 Å². The van der Waals surface area contributed by atoms with Crippen molar-refractivity contribution in [1.29, 1.82) is 0 Å². The Kier molecular flexibility index (Phi) is 3.90. The van der Waals surface area contributed by atoms with E-state index in [2.05, 4.69) is 21.0 Å². The van der Waals surface area contributed by atoms with Crippen LogP contribution in [0, 0.1) is 0 Å². The Hall–Kier alpha value is -1.82. The summed E-state index contributed by atoms with van der Waals surface area (Å²) in [5.41, 5.74) is 1.22. The number of phenolic OH excluding ortho intramolecular Hbond substituents is 1. The number of phenols is 1. The van der Waals surface area contributed by atoms with E-state index < -0.39 is 0 Å². The second-order valence-electron chi connectivity index (χ2n) is 4.34. The molecular formula is C13H14BrN3O2. The number of rotatable bonds is 3. The molecule has 0 unspecified atom stereocenters. The SMILES string of the molecule is CN(Cc1cnn(C)c1)C(=O)c1cc(Br)ccc1O. The summed E-state index contributed by atoms with van der Waals surface area (Å²) in [6.07, 6.45) is 3.56. The Labute approximate surface area is 119 Å². The minimum Gasteiger partial charge on any atom is -0.507 e. The summed E-state index contributed by atoms with van der Waals surface area (Å²) in [4.78, 5) is 13.8. The van der Waals surface area contributed by atoms with Crippen molar-refractivity contribution >= 4 is 21.8 Å². The van der Waals surface area contributed by atoms with Crippen LogP contribution in [0.5, 0.6) is 5.75 Å². The molecule has 19 heavy (non-hydrogen) atoms. The minimum absolute atomic E-state index is 0.0220. The molecule has 1 aromatic carbocycles. The van der Waals surface area contributed by atoms with Gasteiger partial charge in [0.2, 0.25) is 0 Å². The van der Waals surface area contributed by atoms with Crippen LogP contribution < -0.4 is 0 Å². The first-order valence-electron chi connectivity index (χ1n) is 5.69. The van der Waals surface area contributed by atoms with Gasteiger partial charge in [-0.2, -0.15) is 5.10 Å². The van der Waals surface area contributed by atoms with Crippen LogP contribution in [0.3, 0.4) is 0 Å². The predicted molar refractivity (Wildman–Crippen MR) is 74.8 cm³/mol. The molecule has 0 aliphatic rings. The lowest BCUT2D eigenvalue weighted by atomic mass is 10.1. The fourth-order valence-electron chi connectivity index (χ4n) is 1.78. The van der Waals surface area contributed by atoms with Crippen molar-refractivity contribution in [2.24, 2.45) is 7.05 Å². The number of aryl methyl sites for hydroxylation is 1. The molecule has 0 spiro atoms. The molecule has 0 aliphatic carbocycles. The van der Waals surface area contributed by atoms with Gasteiger partial charge in [0.1, 0.15) is 5.75 Å². The van der Waals surface area contributed by atoms with Gasteiger partial charge in [-0.05, 0) is 18.2 Å². The number of hydrogen-bond acceptors (Lipinski definition) is 3. The van der Waals surface area contributed by atoms with Gasteiger partial charge in [0.05, 0.1) is 11.8 Å². The average Bonchev–Trinajstić information content (AvgIpc) is 2.77. The number of benzene rings is 1. The van der Waals surface area contributed by atoms with E-state index in [1.807, 2.05) is 13.2 Å². The van der Waals surface area contributed by atoms with Gasteiger partial charge < -0.3 is 10.0 Å². The smallest absolute Gasteiger partial charge is 0.257 e. The zero-order valence-electron chi connectivity index (χ0n) is 10.7. The molecule has 0 radical (unpaired) electrons. The maximum atomic E-state index is 12.2. The Morgan fingerprint density at radius 2 is 2.26 bits per heavy atom. The zero-order valence-corrected chi connectivity index (χ0v) is 12.3. The van der Waals surface area contributed by atoms with Crippen LogP contribution in [-0.2, 0) is 13.6 Å². The van der Waals surface area contributed by atoms with E-state index in [0.29, 0.717) is 6.54 Å². The number of carbonyl (C=O) groups is 1. The topological polar surface area (TPSA) is 58.4 Å². The molecule has 1 heterocycles. The van der Waals surface area contributed by atoms with Crippen LogP contribution in [-0.4, -0.2) is 32.7 Å². The number of hydrogen-bond donors (Lipinski definition) is 1. The second-order valence-corrected chi connectivity index (χ2v) is 5.26.